The average molecular weight is 1550 g/mol. The van der Waals surface area contributed by atoms with Gasteiger partial charge in [-0.15, -0.1) is 0 Å². The normalized spacial score (nSPS) is 14.5. The van der Waals surface area contributed by atoms with Crippen molar-refractivity contribution in [3.05, 3.63) is 146 Å². The second-order valence-corrected chi connectivity index (χ2v) is 30.6. The molecule has 0 amide bonds. The van der Waals surface area contributed by atoms with E-state index in [2.05, 4.69) is 174 Å². The number of unbranched alkanes of at least 4 members (excludes halogenated alkanes) is 28. The van der Waals surface area contributed by atoms with Crippen LogP contribution >= 0.6 is 15.6 Å². The number of hydrogen-bond donors (Lipinski definition) is 3. The molecule has 0 bridgehead atoms. The first-order valence-electron chi connectivity index (χ1n) is 42.1. The molecule has 17 nitrogen and oxygen atoms in total. The highest BCUT2D eigenvalue weighted by Crippen LogP contribution is 2.45. The van der Waals surface area contributed by atoms with Crippen LogP contribution in [0.5, 0.6) is 0 Å². The van der Waals surface area contributed by atoms with Crippen LogP contribution in [0.3, 0.4) is 0 Å². The number of aliphatic hydroxyl groups excluding tert-OH is 1. The van der Waals surface area contributed by atoms with Crippen LogP contribution < -0.4 is 0 Å². The number of ether oxygens (including phenoxy) is 4. The van der Waals surface area contributed by atoms with Gasteiger partial charge in [-0.25, -0.2) is 9.13 Å². The highest BCUT2D eigenvalue weighted by atomic mass is 31.2. The lowest BCUT2D eigenvalue weighted by atomic mass is 10.1. The monoisotopic (exact) mass is 1550 g/mol. The van der Waals surface area contributed by atoms with Crippen molar-refractivity contribution in [2.45, 2.75) is 354 Å². The van der Waals surface area contributed by atoms with Crippen molar-refractivity contribution in [1.82, 2.24) is 0 Å². The van der Waals surface area contributed by atoms with Gasteiger partial charge in [-0.1, -0.05) is 289 Å². The van der Waals surface area contributed by atoms with E-state index in [9.17, 15) is 43.2 Å². The lowest BCUT2D eigenvalue weighted by Crippen LogP contribution is -2.30. The molecule has 0 fully saturated rings. The molecule has 0 rings (SSSR count). The summed E-state index contributed by atoms with van der Waals surface area (Å²) in [7, 11) is -9.99. The van der Waals surface area contributed by atoms with E-state index in [1.165, 1.54) is 77.0 Å². The van der Waals surface area contributed by atoms with Crippen LogP contribution in [0.15, 0.2) is 146 Å². The fourth-order valence-electron chi connectivity index (χ4n) is 10.9. The van der Waals surface area contributed by atoms with Crippen LogP contribution in [0.4, 0.5) is 0 Å². The Morgan fingerprint density at radius 1 is 0.269 bits per heavy atom. The molecule has 0 aliphatic heterocycles. The van der Waals surface area contributed by atoms with Crippen molar-refractivity contribution >= 4 is 39.5 Å². The first kappa shape index (κ1) is 103. The van der Waals surface area contributed by atoms with E-state index >= 15 is 0 Å². The van der Waals surface area contributed by atoms with E-state index in [1.54, 1.807) is 0 Å². The molecule has 0 radical (unpaired) electrons. The summed E-state index contributed by atoms with van der Waals surface area (Å²) in [5.74, 6) is -2.26. The third-order valence-corrected chi connectivity index (χ3v) is 19.2. The number of phosphoric ester groups is 2. The second kappa shape index (κ2) is 80.0. The summed E-state index contributed by atoms with van der Waals surface area (Å²) in [5.41, 5.74) is 0. The van der Waals surface area contributed by atoms with Crippen LogP contribution in [-0.4, -0.2) is 96.7 Å². The Morgan fingerprint density at radius 3 is 0.769 bits per heavy atom. The Labute approximate surface area is 656 Å². The summed E-state index contributed by atoms with van der Waals surface area (Å²) in [6.07, 6.45) is 92.4. The lowest BCUT2D eigenvalue weighted by molar-refractivity contribution is -0.161. The van der Waals surface area contributed by atoms with Gasteiger partial charge in [-0.2, -0.15) is 0 Å². The van der Waals surface area contributed by atoms with Gasteiger partial charge in [0.2, 0.25) is 0 Å². The van der Waals surface area contributed by atoms with Gasteiger partial charge in [-0.05, 0) is 167 Å². The molecule has 0 aliphatic carbocycles. The molecule has 5 atom stereocenters. The highest BCUT2D eigenvalue weighted by molar-refractivity contribution is 7.47. The van der Waals surface area contributed by atoms with Crippen LogP contribution in [0.1, 0.15) is 336 Å². The number of carbonyl (C=O) groups excluding carboxylic acids is 4. The number of aliphatic hydroxyl groups is 1. The quantitative estimate of drug-likeness (QED) is 0.0169. The Morgan fingerprint density at radius 2 is 0.481 bits per heavy atom. The molecule has 108 heavy (non-hydrogen) atoms. The third kappa shape index (κ3) is 79.0. The van der Waals surface area contributed by atoms with Gasteiger partial charge < -0.3 is 33.8 Å². The molecular formula is C89H150O17P2. The van der Waals surface area contributed by atoms with Gasteiger partial charge in [0.15, 0.2) is 12.2 Å². The van der Waals surface area contributed by atoms with E-state index < -0.39 is 97.5 Å². The third-order valence-electron chi connectivity index (χ3n) is 17.3. The fourth-order valence-corrected chi connectivity index (χ4v) is 12.5. The van der Waals surface area contributed by atoms with E-state index in [4.69, 9.17) is 37.0 Å². The van der Waals surface area contributed by atoms with Crippen molar-refractivity contribution in [3.63, 3.8) is 0 Å². The van der Waals surface area contributed by atoms with Gasteiger partial charge in [-0.3, -0.25) is 37.3 Å². The van der Waals surface area contributed by atoms with E-state index in [1.807, 2.05) is 0 Å². The minimum Gasteiger partial charge on any atom is -0.462 e. The van der Waals surface area contributed by atoms with Crippen molar-refractivity contribution < 1.29 is 80.2 Å². The van der Waals surface area contributed by atoms with Crippen LogP contribution in [0, 0.1) is 0 Å². The Hall–Kier alpha value is -5.06. The van der Waals surface area contributed by atoms with Crippen LogP contribution in [0.25, 0.3) is 0 Å². The van der Waals surface area contributed by atoms with Crippen molar-refractivity contribution in [3.8, 4) is 0 Å². The molecule has 0 aliphatic rings. The number of esters is 4. The van der Waals surface area contributed by atoms with Crippen LogP contribution in [0.2, 0.25) is 0 Å². The van der Waals surface area contributed by atoms with Gasteiger partial charge in [0, 0.05) is 25.7 Å². The first-order valence-corrected chi connectivity index (χ1v) is 45.1. The Bertz CT molecular complexity index is 2610. The average Bonchev–Trinajstić information content (AvgIpc) is 0.914. The molecule has 19 heteroatoms. The summed E-state index contributed by atoms with van der Waals surface area (Å²) in [6, 6.07) is 0. The smallest absolute Gasteiger partial charge is 0.462 e. The predicted molar refractivity (Wildman–Crippen MR) is 445 cm³/mol. The summed E-state index contributed by atoms with van der Waals surface area (Å²) >= 11 is 0. The van der Waals surface area contributed by atoms with E-state index in [0.717, 1.165) is 180 Å². The largest absolute Gasteiger partial charge is 0.472 e. The summed E-state index contributed by atoms with van der Waals surface area (Å²) < 4.78 is 68.7. The minimum absolute atomic E-state index is 0.0512. The maximum atomic E-state index is 13.1. The molecule has 0 aromatic rings. The maximum Gasteiger partial charge on any atom is 0.472 e. The highest BCUT2D eigenvalue weighted by Gasteiger charge is 2.30. The summed E-state index contributed by atoms with van der Waals surface area (Å²) in [6.45, 7) is 4.57. The van der Waals surface area contributed by atoms with Crippen molar-refractivity contribution in [2.24, 2.45) is 0 Å². The number of phosphoric acid groups is 2. The molecule has 0 saturated heterocycles. The zero-order valence-electron chi connectivity index (χ0n) is 67.7. The number of allylic oxidation sites excluding steroid dienone is 24. The van der Waals surface area contributed by atoms with Crippen molar-refractivity contribution in [2.75, 3.05) is 39.6 Å². The summed E-state index contributed by atoms with van der Waals surface area (Å²) in [4.78, 5) is 73.2. The zero-order valence-corrected chi connectivity index (χ0v) is 69.5. The van der Waals surface area contributed by atoms with E-state index in [0.29, 0.717) is 25.7 Å². The molecule has 0 aromatic carbocycles. The van der Waals surface area contributed by atoms with Crippen LogP contribution in [-0.2, 0) is 65.4 Å². The van der Waals surface area contributed by atoms with Gasteiger partial charge in [0.25, 0.3) is 0 Å². The molecule has 0 saturated carbocycles. The Balaban J connectivity index is 5.45. The fraction of sp³-hybridized carbons (Fsp3) is 0.685. The minimum atomic E-state index is -5.00. The number of rotatable bonds is 78. The SMILES string of the molecule is CC/C=C\C/C=C\C/C=C\C/C=C\C/C=C\CCCCCC(=O)OC[C@H](COP(=O)(O)OC[C@@H](O)COP(=O)(O)OC[C@@H](COC(=O)CCCCCCCCC/C=C\CCCCCC)OC(=O)CCCCC/C=C\C/C=C\C/C=C\C/C=C\C/C=C\CC)OC(=O)CCCCCCC/C=C\CCCCCCCC. The van der Waals surface area contributed by atoms with Gasteiger partial charge in [0.1, 0.15) is 19.3 Å². The van der Waals surface area contributed by atoms with Gasteiger partial charge >= 0.3 is 39.5 Å². The summed E-state index contributed by atoms with van der Waals surface area (Å²) in [5, 5.41) is 10.7. The second-order valence-electron chi connectivity index (χ2n) is 27.6. The maximum absolute atomic E-state index is 13.1. The molecule has 3 N–H and O–H groups in total. The Kier molecular flexibility index (Phi) is 76.3. The zero-order chi connectivity index (χ0) is 78.9. The first-order chi connectivity index (χ1) is 52.7. The molecule has 0 aromatic heterocycles. The van der Waals surface area contributed by atoms with Crippen molar-refractivity contribution in [1.29, 1.82) is 0 Å². The number of carbonyl (C=O) groups is 4. The molecule has 0 spiro atoms. The number of hydrogen-bond acceptors (Lipinski definition) is 15. The predicted octanol–water partition coefficient (Wildman–Crippen LogP) is 25.0. The lowest BCUT2D eigenvalue weighted by Gasteiger charge is -2.21. The standard InChI is InChI=1S/C89H150O17P2/c1-5-9-13-17-21-25-29-33-37-39-41-43-47-50-54-58-62-66-70-74-87(92)100-80-84(105-88(93)75-71-67-63-59-55-51-46-36-32-28-24-20-16-12-8-4)81-103-107(95,96)101-77-83(90)78-102-108(97,98)104-82-85(79-99-86(91)73-69-65-61-57-53-49-45-35-31-27-23-19-15-11-7-3)106-89(94)76-72-68-64-60-56-52-48-44-42-40-38-34-30-26-22-18-14-10-6-2/h9-10,13-14,21-22,25-27,31,33-34,36-38,41-44,46,50,52,54,56,83-85,90H,5-8,11-12,15-20,23-24,28-30,32,35,39-40,45,47-49,51,53,55,57-82H2,1-4H3,(H,95,96)(H,97,98)/b13-9-,14-10-,25-21-,26-22-,31-27-,37-33-,38-34-,43-41-,44-42-,46-36-,54-50-,56-52-/t83-,84-,85-/m1/s1. The molecular weight excluding hydrogens is 1400 g/mol. The molecule has 2 unspecified atom stereocenters. The topological polar surface area (TPSA) is 237 Å². The van der Waals surface area contributed by atoms with Gasteiger partial charge in [0.05, 0.1) is 26.4 Å². The molecule has 0 heterocycles. The molecule has 618 valence electrons. The van der Waals surface area contributed by atoms with E-state index in [-0.39, 0.29) is 25.7 Å².